The molecule has 1 saturated carbocycles. The van der Waals surface area contributed by atoms with E-state index in [9.17, 15) is 4.79 Å². The second kappa shape index (κ2) is 7.29. The zero-order valence-corrected chi connectivity index (χ0v) is 8.25. The fourth-order valence-electron chi connectivity index (χ4n) is 1.39. The zero-order chi connectivity index (χ0) is 9.40. The third-order valence-corrected chi connectivity index (χ3v) is 1.95. The van der Waals surface area contributed by atoms with E-state index in [2.05, 4.69) is 13.8 Å². The van der Waals surface area contributed by atoms with Crippen molar-refractivity contribution in [3.05, 3.63) is 0 Å². The molecule has 1 aliphatic carbocycles. The van der Waals surface area contributed by atoms with Gasteiger partial charge in [-0.25, -0.2) is 0 Å². The maximum absolute atomic E-state index is 10.2. The molecule has 2 unspecified atom stereocenters. The summed E-state index contributed by atoms with van der Waals surface area (Å²) in [5, 5.41) is 0. The molecular formula is C10H21NO. The lowest BCUT2D eigenvalue weighted by Gasteiger charge is -2.21. The highest BCUT2D eigenvalue weighted by Crippen LogP contribution is 2.20. The van der Waals surface area contributed by atoms with Gasteiger partial charge in [0.1, 0.15) is 6.29 Å². The van der Waals surface area contributed by atoms with E-state index in [1.165, 1.54) is 6.42 Å². The van der Waals surface area contributed by atoms with Crippen LogP contribution < -0.4 is 5.73 Å². The Morgan fingerprint density at radius 1 is 1.42 bits per heavy atom. The van der Waals surface area contributed by atoms with Crippen LogP contribution in [0.1, 0.15) is 46.0 Å². The summed E-state index contributed by atoms with van der Waals surface area (Å²) in [6.07, 6.45) is 6.48. The summed E-state index contributed by atoms with van der Waals surface area (Å²) < 4.78 is 0. The summed E-state index contributed by atoms with van der Waals surface area (Å²) >= 11 is 0. The molecule has 2 N–H and O–H groups in total. The van der Waals surface area contributed by atoms with E-state index in [-0.39, 0.29) is 12.0 Å². The molecule has 2 heteroatoms. The van der Waals surface area contributed by atoms with Crippen molar-refractivity contribution < 1.29 is 4.79 Å². The highest BCUT2D eigenvalue weighted by molar-refractivity contribution is 5.53. The van der Waals surface area contributed by atoms with Crippen molar-refractivity contribution >= 4 is 6.29 Å². The quantitative estimate of drug-likeness (QED) is 0.614. The highest BCUT2D eigenvalue weighted by Gasteiger charge is 2.17. The van der Waals surface area contributed by atoms with E-state index in [0.717, 1.165) is 32.0 Å². The summed E-state index contributed by atoms with van der Waals surface area (Å²) in [5.41, 5.74) is 5.64. The van der Waals surface area contributed by atoms with E-state index >= 15 is 0 Å². The molecule has 2 nitrogen and oxygen atoms in total. The van der Waals surface area contributed by atoms with Crippen molar-refractivity contribution in [2.45, 2.75) is 52.0 Å². The topological polar surface area (TPSA) is 43.1 Å². The summed E-state index contributed by atoms with van der Waals surface area (Å²) in [6.45, 7) is 4.25. The molecule has 0 bridgehead atoms. The van der Waals surface area contributed by atoms with Crippen molar-refractivity contribution in [3.63, 3.8) is 0 Å². The molecule has 0 saturated heterocycles. The average Bonchev–Trinajstić information content (AvgIpc) is 2.06. The van der Waals surface area contributed by atoms with E-state index in [0.29, 0.717) is 0 Å². The maximum atomic E-state index is 10.2. The van der Waals surface area contributed by atoms with Crippen molar-refractivity contribution in [2.75, 3.05) is 0 Å². The minimum absolute atomic E-state index is 0.258. The normalized spacial score (nSPS) is 28.6. The third kappa shape index (κ3) is 5.30. The zero-order valence-electron chi connectivity index (χ0n) is 8.25. The minimum atomic E-state index is 0.258. The maximum Gasteiger partial charge on any atom is 0.123 e. The van der Waals surface area contributed by atoms with E-state index in [1.807, 2.05) is 0 Å². The SMILES string of the molecule is CCC.NC1CCCC(C=O)C1. The van der Waals surface area contributed by atoms with Crippen LogP contribution in [0, 0.1) is 5.92 Å². The monoisotopic (exact) mass is 171 g/mol. The predicted octanol–water partition coefficient (Wildman–Crippen LogP) is 2.12. The van der Waals surface area contributed by atoms with Gasteiger partial charge in [-0.15, -0.1) is 0 Å². The van der Waals surface area contributed by atoms with Gasteiger partial charge < -0.3 is 10.5 Å². The number of carbonyl (C=O) groups excluding carboxylic acids is 1. The number of hydrogen-bond donors (Lipinski definition) is 1. The second-order valence-electron chi connectivity index (χ2n) is 3.53. The van der Waals surface area contributed by atoms with Crippen molar-refractivity contribution in [1.29, 1.82) is 0 Å². The average molecular weight is 171 g/mol. The fraction of sp³-hybridized carbons (Fsp3) is 0.900. The van der Waals surface area contributed by atoms with Crippen LogP contribution in [-0.2, 0) is 4.79 Å². The molecular weight excluding hydrogens is 150 g/mol. The Bertz CT molecular complexity index is 114. The Balaban J connectivity index is 0.000000354. The molecule has 12 heavy (non-hydrogen) atoms. The molecule has 1 aliphatic rings. The molecule has 2 atom stereocenters. The molecule has 72 valence electrons. The Hall–Kier alpha value is -0.370. The van der Waals surface area contributed by atoms with Crippen LogP contribution in [0.5, 0.6) is 0 Å². The Morgan fingerprint density at radius 3 is 2.33 bits per heavy atom. The lowest BCUT2D eigenvalue weighted by atomic mass is 9.87. The number of nitrogens with two attached hydrogens (primary N) is 1. The van der Waals surface area contributed by atoms with Gasteiger partial charge in [-0.05, 0) is 19.3 Å². The van der Waals surface area contributed by atoms with Gasteiger partial charge in [0.05, 0.1) is 0 Å². The summed E-state index contributed by atoms with van der Waals surface area (Å²) in [4.78, 5) is 10.2. The van der Waals surface area contributed by atoms with Gasteiger partial charge in [-0.3, -0.25) is 0 Å². The molecule has 0 aromatic heterocycles. The number of hydrogen-bond acceptors (Lipinski definition) is 2. The first-order chi connectivity index (χ1) is 5.74. The van der Waals surface area contributed by atoms with E-state index in [4.69, 9.17) is 5.73 Å². The Labute approximate surface area is 75.5 Å². The number of carbonyl (C=O) groups is 1. The van der Waals surface area contributed by atoms with Crippen molar-refractivity contribution in [2.24, 2.45) is 11.7 Å². The lowest BCUT2D eigenvalue weighted by molar-refractivity contribution is -0.112. The Morgan fingerprint density at radius 2 is 2.00 bits per heavy atom. The molecule has 0 aromatic rings. The fourth-order valence-corrected chi connectivity index (χ4v) is 1.39. The molecule has 1 rings (SSSR count). The predicted molar refractivity (Wildman–Crippen MR) is 52.0 cm³/mol. The summed E-state index contributed by atoms with van der Waals surface area (Å²) in [7, 11) is 0. The van der Waals surface area contributed by atoms with Gasteiger partial charge in [0.25, 0.3) is 0 Å². The van der Waals surface area contributed by atoms with Crippen LogP contribution >= 0.6 is 0 Å². The molecule has 0 aromatic carbocycles. The van der Waals surface area contributed by atoms with Crippen LogP contribution in [-0.4, -0.2) is 12.3 Å². The van der Waals surface area contributed by atoms with Gasteiger partial charge in [0.2, 0.25) is 0 Å². The molecule has 1 fully saturated rings. The number of aldehydes is 1. The molecule has 0 radical (unpaired) electrons. The van der Waals surface area contributed by atoms with E-state index in [1.54, 1.807) is 0 Å². The number of rotatable bonds is 1. The van der Waals surface area contributed by atoms with Crippen molar-refractivity contribution in [3.8, 4) is 0 Å². The second-order valence-corrected chi connectivity index (χ2v) is 3.53. The smallest absolute Gasteiger partial charge is 0.123 e. The Kier molecular flexibility index (Phi) is 7.06. The minimum Gasteiger partial charge on any atom is -0.328 e. The summed E-state index contributed by atoms with van der Waals surface area (Å²) in [6, 6.07) is 0.286. The van der Waals surface area contributed by atoms with Crippen LogP contribution in [0.2, 0.25) is 0 Å². The van der Waals surface area contributed by atoms with Gasteiger partial charge in [0, 0.05) is 12.0 Å². The highest BCUT2D eigenvalue weighted by atomic mass is 16.1. The van der Waals surface area contributed by atoms with Crippen LogP contribution in [0.25, 0.3) is 0 Å². The van der Waals surface area contributed by atoms with Gasteiger partial charge >= 0.3 is 0 Å². The van der Waals surface area contributed by atoms with Crippen LogP contribution in [0.15, 0.2) is 0 Å². The molecule has 0 spiro atoms. The third-order valence-electron chi connectivity index (χ3n) is 1.95. The standard InChI is InChI=1S/C7H13NO.C3H8/c8-7-3-1-2-6(4-7)5-9;1-3-2/h5-7H,1-4,8H2;3H2,1-2H3. The largest absolute Gasteiger partial charge is 0.328 e. The molecule has 0 amide bonds. The molecule has 0 heterocycles. The first-order valence-electron chi connectivity index (χ1n) is 4.95. The van der Waals surface area contributed by atoms with Crippen molar-refractivity contribution in [1.82, 2.24) is 0 Å². The van der Waals surface area contributed by atoms with E-state index < -0.39 is 0 Å². The van der Waals surface area contributed by atoms with Gasteiger partial charge in [-0.2, -0.15) is 0 Å². The first-order valence-corrected chi connectivity index (χ1v) is 4.95. The summed E-state index contributed by atoms with van der Waals surface area (Å²) in [5.74, 6) is 0.258. The van der Waals surface area contributed by atoms with Crippen LogP contribution in [0.4, 0.5) is 0 Å². The van der Waals surface area contributed by atoms with Gasteiger partial charge in [0.15, 0.2) is 0 Å². The first kappa shape index (κ1) is 11.6. The van der Waals surface area contributed by atoms with Crippen LogP contribution in [0.3, 0.4) is 0 Å². The van der Waals surface area contributed by atoms with Gasteiger partial charge in [-0.1, -0.05) is 26.7 Å². The molecule has 0 aliphatic heterocycles. The lowest BCUT2D eigenvalue weighted by Crippen LogP contribution is -2.28.